The third-order valence-corrected chi connectivity index (χ3v) is 6.18. The lowest BCUT2D eigenvalue weighted by Gasteiger charge is -2.36. The third-order valence-electron chi connectivity index (χ3n) is 5.30. The first-order valence-electron chi connectivity index (χ1n) is 9.42. The highest BCUT2D eigenvalue weighted by Gasteiger charge is 2.27. The van der Waals surface area contributed by atoms with Crippen LogP contribution in [0.25, 0.3) is 21.8 Å². The first kappa shape index (κ1) is 18.7. The molecular weight excluding hydrogens is 374 g/mol. The van der Waals surface area contributed by atoms with Crippen LogP contribution in [-0.2, 0) is 0 Å². The van der Waals surface area contributed by atoms with Gasteiger partial charge in [0.15, 0.2) is 0 Å². The maximum absolute atomic E-state index is 12.9. The Bertz CT molecular complexity index is 931. The van der Waals surface area contributed by atoms with Crippen molar-refractivity contribution in [3.63, 3.8) is 0 Å². The number of H-pyrrole nitrogens is 1. The van der Waals surface area contributed by atoms with Crippen molar-refractivity contribution in [1.29, 1.82) is 0 Å². The van der Waals surface area contributed by atoms with Gasteiger partial charge in [0.2, 0.25) is 0 Å². The average molecular weight is 398 g/mol. The first-order chi connectivity index (χ1) is 13.7. The topological polar surface area (TPSA) is 90.9 Å². The molecule has 0 aliphatic carbocycles. The second-order valence-electron chi connectivity index (χ2n) is 6.89. The minimum absolute atomic E-state index is 0.0227. The monoisotopic (exact) mass is 397 g/mol. The average Bonchev–Trinajstić information content (AvgIpc) is 3.43. The molecule has 0 atom stereocenters. The molecule has 9 heteroatoms. The summed E-state index contributed by atoms with van der Waals surface area (Å²) in [4.78, 5) is 29.9. The lowest BCUT2D eigenvalue weighted by Crippen LogP contribution is -2.45. The fourth-order valence-electron chi connectivity index (χ4n) is 3.56. The Morgan fingerprint density at radius 1 is 1.32 bits per heavy atom. The number of hydrogen-bond acceptors (Lipinski definition) is 7. The SMILES string of the molecule is CCN1CCC(N(C)C(=O)c2csc(-c3c[nH]nc3-c3cncnc3)n2)CC1. The van der Waals surface area contributed by atoms with Crippen LogP contribution in [0.4, 0.5) is 0 Å². The highest BCUT2D eigenvalue weighted by Crippen LogP contribution is 2.32. The van der Waals surface area contributed by atoms with Crippen molar-refractivity contribution in [3.8, 4) is 21.8 Å². The fourth-order valence-corrected chi connectivity index (χ4v) is 4.37. The van der Waals surface area contributed by atoms with E-state index >= 15 is 0 Å². The third kappa shape index (κ3) is 3.67. The van der Waals surface area contributed by atoms with Crippen molar-refractivity contribution in [2.45, 2.75) is 25.8 Å². The second kappa shape index (κ2) is 8.15. The molecule has 28 heavy (non-hydrogen) atoms. The number of aromatic nitrogens is 5. The molecule has 1 fully saturated rings. The molecule has 1 aliphatic heterocycles. The quantitative estimate of drug-likeness (QED) is 0.711. The van der Waals surface area contributed by atoms with Crippen LogP contribution in [0.1, 0.15) is 30.3 Å². The lowest BCUT2D eigenvalue weighted by molar-refractivity contribution is 0.0642. The van der Waals surface area contributed by atoms with E-state index in [-0.39, 0.29) is 11.9 Å². The summed E-state index contributed by atoms with van der Waals surface area (Å²) < 4.78 is 0. The number of rotatable bonds is 5. The van der Waals surface area contributed by atoms with Gasteiger partial charge in [-0.1, -0.05) is 6.92 Å². The molecule has 1 N–H and O–H groups in total. The van der Waals surface area contributed by atoms with Gasteiger partial charge in [0.25, 0.3) is 5.91 Å². The number of hydrogen-bond donors (Lipinski definition) is 1. The molecule has 8 nitrogen and oxygen atoms in total. The van der Waals surface area contributed by atoms with Crippen LogP contribution < -0.4 is 0 Å². The van der Waals surface area contributed by atoms with Gasteiger partial charge in [0, 0.05) is 55.7 Å². The smallest absolute Gasteiger partial charge is 0.273 e. The summed E-state index contributed by atoms with van der Waals surface area (Å²) in [6, 6.07) is 0.270. The Kier molecular flexibility index (Phi) is 5.45. The second-order valence-corrected chi connectivity index (χ2v) is 7.75. The predicted octanol–water partition coefficient (Wildman–Crippen LogP) is 2.55. The number of carbonyl (C=O) groups is 1. The molecule has 0 saturated carbocycles. The van der Waals surface area contributed by atoms with Gasteiger partial charge in [-0.25, -0.2) is 15.0 Å². The van der Waals surface area contributed by atoms with Crippen LogP contribution in [-0.4, -0.2) is 73.6 Å². The summed E-state index contributed by atoms with van der Waals surface area (Å²) in [6.07, 6.45) is 8.71. The van der Waals surface area contributed by atoms with E-state index < -0.39 is 0 Å². The van der Waals surface area contributed by atoms with Crippen LogP contribution in [0.15, 0.2) is 30.3 Å². The Hall–Kier alpha value is -2.65. The van der Waals surface area contributed by atoms with Crippen LogP contribution >= 0.6 is 11.3 Å². The van der Waals surface area contributed by atoms with Gasteiger partial charge in [-0.3, -0.25) is 9.89 Å². The maximum Gasteiger partial charge on any atom is 0.273 e. The summed E-state index contributed by atoms with van der Waals surface area (Å²) in [5.74, 6) is -0.0227. The molecular formula is C19H23N7OS. The molecule has 3 aromatic heterocycles. The van der Waals surface area contributed by atoms with Crippen molar-refractivity contribution in [2.24, 2.45) is 0 Å². The highest BCUT2D eigenvalue weighted by molar-refractivity contribution is 7.13. The van der Waals surface area contributed by atoms with Gasteiger partial charge in [-0.15, -0.1) is 11.3 Å². The maximum atomic E-state index is 12.9. The van der Waals surface area contributed by atoms with Crippen molar-refractivity contribution in [3.05, 3.63) is 36.0 Å². The number of piperidine rings is 1. The largest absolute Gasteiger partial charge is 0.337 e. The van der Waals surface area contributed by atoms with Gasteiger partial charge in [0.05, 0.1) is 5.56 Å². The molecule has 146 valence electrons. The lowest BCUT2D eigenvalue weighted by atomic mass is 10.0. The van der Waals surface area contributed by atoms with E-state index in [1.807, 2.05) is 17.3 Å². The molecule has 0 radical (unpaired) electrons. The molecule has 1 aliphatic rings. The predicted molar refractivity (Wildman–Crippen MR) is 108 cm³/mol. The van der Waals surface area contributed by atoms with Crippen molar-refractivity contribution < 1.29 is 4.79 Å². The van der Waals surface area contributed by atoms with Gasteiger partial charge in [-0.2, -0.15) is 5.10 Å². The summed E-state index contributed by atoms with van der Waals surface area (Å²) in [6.45, 7) is 5.33. The van der Waals surface area contributed by atoms with Crippen LogP contribution in [0, 0.1) is 0 Å². The number of nitrogens with zero attached hydrogens (tertiary/aromatic N) is 6. The zero-order valence-corrected chi connectivity index (χ0v) is 16.8. The standard InChI is InChI=1S/C19H23N7OS/c1-3-26-6-4-14(5-7-26)25(2)19(27)16-11-28-18(23-16)15-10-22-24-17(15)13-8-20-12-21-9-13/h8-12,14H,3-7H2,1-2H3,(H,22,24). The number of likely N-dealkylation sites (tertiary alicyclic amines) is 1. The van der Waals surface area contributed by atoms with E-state index in [1.165, 1.54) is 17.7 Å². The molecule has 4 heterocycles. The molecule has 1 saturated heterocycles. The van der Waals surface area contributed by atoms with Crippen LogP contribution in [0.3, 0.4) is 0 Å². The van der Waals surface area contributed by atoms with E-state index in [4.69, 9.17) is 0 Å². The molecule has 0 aromatic carbocycles. The van der Waals surface area contributed by atoms with E-state index in [9.17, 15) is 4.79 Å². The summed E-state index contributed by atoms with van der Waals surface area (Å²) in [5, 5.41) is 9.76. The molecule has 4 rings (SSSR count). The van der Waals surface area contributed by atoms with E-state index in [2.05, 4.69) is 37.0 Å². The summed E-state index contributed by atoms with van der Waals surface area (Å²) >= 11 is 1.44. The molecule has 0 unspecified atom stereocenters. The fraction of sp³-hybridized carbons (Fsp3) is 0.421. The number of carbonyl (C=O) groups excluding carboxylic acids is 1. The van der Waals surface area contributed by atoms with E-state index in [0.29, 0.717) is 5.69 Å². The molecule has 0 bridgehead atoms. The number of nitrogens with one attached hydrogen (secondary N) is 1. The van der Waals surface area contributed by atoms with Gasteiger partial charge in [0.1, 0.15) is 22.7 Å². The number of thiazole rings is 1. The zero-order chi connectivity index (χ0) is 19.5. The van der Waals surface area contributed by atoms with Gasteiger partial charge < -0.3 is 9.80 Å². The normalized spacial score (nSPS) is 15.6. The number of aromatic amines is 1. The van der Waals surface area contributed by atoms with Crippen molar-refractivity contribution in [2.75, 3.05) is 26.7 Å². The molecule has 3 aromatic rings. The summed E-state index contributed by atoms with van der Waals surface area (Å²) in [7, 11) is 1.89. The van der Waals surface area contributed by atoms with Crippen molar-refractivity contribution in [1.82, 2.24) is 34.9 Å². The van der Waals surface area contributed by atoms with E-state index in [0.717, 1.165) is 54.3 Å². The van der Waals surface area contributed by atoms with E-state index in [1.54, 1.807) is 18.6 Å². The minimum atomic E-state index is -0.0227. The highest BCUT2D eigenvalue weighted by atomic mass is 32.1. The Balaban J connectivity index is 1.51. The van der Waals surface area contributed by atoms with Crippen molar-refractivity contribution >= 4 is 17.2 Å². The minimum Gasteiger partial charge on any atom is -0.337 e. The first-order valence-corrected chi connectivity index (χ1v) is 10.3. The van der Waals surface area contributed by atoms with Crippen LogP contribution in [0.2, 0.25) is 0 Å². The van der Waals surface area contributed by atoms with Gasteiger partial charge >= 0.3 is 0 Å². The molecule has 0 spiro atoms. The summed E-state index contributed by atoms with van der Waals surface area (Å²) in [5.41, 5.74) is 2.87. The Morgan fingerprint density at radius 2 is 2.07 bits per heavy atom. The zero-order valence-electron chi connectivity index (χ0n) is 16.0. The number of amides is 1. The molecule has 1 amide bonds. The Morgan fingerprint density at radius 3 is 2.79 bits per heavy atom. The Labute approximate surface area is 167 Å². The van der Waals surface area contributed by atoms with Crippen LogP contribution in [0.5, 0.6) is 0 Å². The van der Waals surface area contributed by atoms with Gasteiger partial charge in [-0.05, 0) is 19.4 Å².